The van der Waals surface area contributed by atoms with E-state index in [0.717, 1.165) is 25.7 Å². The number of hydrogen-bond donors (Lipinski definition) is 1. The number of urea groups is 1. The smallest absolute Gasteiger partial charge is 0.313 e. The highest BCUT2D eigenvalue weighted by Gasteiger charge is 2.50. The summed E-state index contributed by atoms with van der Waals surface area (Å²) >= 11 is 0. The number of rotatable bonds is 0. The zero-order valence-electron chi connectivity index (χ0n) is 8.51. The Kier molecular flexibility index (Phi) is 2.21. The topological polar surface area (TPSA) is 49.4 Å². The highest BCUT2D eigenvalue weighted by Crippen LogP contribution is 2.34. The Balaban J connectivity index is 2.27. The van der Waals surface area contributed by atoms with Crippen molar-refractivity contribution in [1.29, 1.82) is 0 Å². The summed E-state index contributed by atoms with van der Waals surface area (Å²) in [6.45, 7) is 0. The fourth-order valence-electron chi connectivity index (χ4n) is 2.52. The molecule has 1 saturated carbocycles. The van der Waals surface area contributed by atoms with Gasteiger partial charge in [0, 0.05) is 7.05 Å². The van der Waals surface area contributed by atoms with E-state index < -0.39 is 5.54 Å². The molecule has 0 bridgehead atoms. The Morgan fingerprint density at radius 1 is 1.14 bits per heavy atom. The van der Waals surface area contributed by atoms with Gasteiger partial charge in [-0.25, -0.2) is 4.79 Å². The molecule has 0 aromatic heterocycles. The average molecular weight is 196 g/mol. The molecule has 0 radical (unpaired) electrons. The lowest BCUT2D eigenvalue weighted by atomic mass is 9.89. The normalized spacial score (nSPS) is 26.5. The van der Waals surface area contributed by atoms with Gasteiger partial charge in [-0.3, -0.25) is 10.1 Å². The molecule has 2 fully saturated rings. The summed E-state index contributed by atoms with van der Waals surface area (Å²) in [5.41, 5.74) is -0.520. The number of imide groups is 1. The maximum absolute atomic E-state index is 11.8. The van der Waals surface area contributed by atoms with Crippen molar-refractivity contribution in [3.63, 3.8) is 0 Å². The van der Waals surface area contributed by atoms with E-state index in [-0.39, 0.29) is 11.9 Å². The predicted octanol–water partition coefficient (Wildman–Crippen LogP) is 1.26. The van der Waals surface area contributed by atoms with Gasteiger partial charge in [0.25, 0.3) is 5.91 Å². The van der Waals surface area contributed by atoms with E-state index in [1.54, 1.807) is 11.9 Å². The van der Waals surface area contributed by atoms with Crippen molar-refractivity contribution in [3.8, 4) is 0 Å². The number of amides is 3. The van der Waals surface area contributed by atoms with Crippen LogP contribution in [0, 0.1) is 0 Å². The molecule has 78 valence electrons. The predicted molar refractivity (Wildman–Crippen MR) is 51.7 cm³/mol. The van der Waals surface area contributed by atoms with Crippen LogP contribution in [0.4, 0.5) is 4.79 Å². The molecule has 1 saturated heterocycles. The van der Waals surface area contributed by atoms with E-state index in [9.17, 15) is 9.59 Å². The first kappa shape index (κ1) is 9.49. The van der Waals surface area contributed by atoms with Crippen molar-refractivity contribution in [2.24, 2.45) is 0 Å². The van der Waals surface area contributed by atoms with Crippen LogP contribution in [0.2, 0.25) is 0 Å². The van der Waals surface area contributed by atoms with Crippen LogP contribution in [0.5, 0.6) is 0 Å². The van der Waals surface area contributed by atoms with Gasteiger partial charge in [0.05, 0.1) is 0 Å². The highest BCUT2D eigenvalue weighted by molar-refractivity contribution is 6.06. The SMILES string of the molecule is CN1C(=O)NC(=O)C12CCCCCC2. The van der Waals surface area contributed by atoms with Crippen LogP contribution < -0.4 is 5.32 Å². The molecular weight excluding hydrogens is 180 g/mol. The number of nitrogens with zero attached hydrogens (tertiary/aromatic N) is 1. The molecule has 1 N–H and O–H groups in total. The van der Waals surface area contributed by atoms with Crippen molar-refractivity contribution in [2.75, 3.05) is 7.05 Å². The van der Waals surface area contributed by atoms with Crippen LogP contribution in [0.1, 0.15) is 38.5 Å². The molecule has 1 heterocycles. The summed E-state index contributed by atoms with van der Waals surface area (Å²) in [6, 6.07) is -0.239. The molecule has 3 amide bonds. The molecule has 1 aliphatic heterocycles. The molecule has 1 spiro atoms. The Bertz CT molecular complexity index is 267. The second-order valence-corrected chi connectivity index (χ2v) is 4.26. The molecule has 0 aromatic rings. The zero-order chi connectivity index (χ0) is 10.2. The van der Waals surface area contributed by atoms with Crippen LogP contribution in [0.15, 0.2) is 0 Å². The fraction of sp³-hybridized carbons (Fsp3) is 0.800. The van der Waals surface area contributed by atoms with E-state index in [2.05, 4.69) is 5.32 Å². The van der Waals surface area contributed by atoms with Crippen LogP contribution in [0.25, 0.3) is 0 Å². The molecule has 1 aliphatic carbocycles. The van der Waals surface area contributed by atoms with Crippen molar-refractivity contribution in [1.82, 2.24) is 10.2 Å². The van der Waals surface area contributed by atoms with Gasteiger partial charge in [-0.05, 0) is 12.8 Å². The third kappa shape index (κ3) is 1.21. The second kappa shape index (κ2) is 3.26. The van der Waals surface area contributed by atoms with Crippen LogP contribution >= 0.6 is 0 Å². The minimum absolute atomic E-state index is 0.0908. The maximum Gasteiger partial charge on any atom is 0.324 e. The molecule has 0 aromatic carbocycles. The summed E-state index contributed by atoms with van der Waals surface area (Å²) in [6.07, 6.45) is 6.09. The number of hydrogen-bond acceptors (Lipinski definition) is 2. The number of carbonyl (C=O) groups is 2. The summed E-state index contributed by atoms with van der Waals surface area (Å²) in [5, 5.41) is 2.40. The zero-order valence-corrected chi connectivity index (χ0v) is 8.51. The number of likely N-dealkylation sites (N-methyl/N-ethyl adjacent to an activating group) is 1. The van der Waals surface area contributed by atoms with Crippen molar-refractivity contribution >= 4 is 11.9 Å². The minimum Gasteiger partial charge on any atom is -0.313 e. The Morgan fingerprint density at radius 3 is 2.14 bits per heavy atom. The molecular formula is C10H16N2O2. The minimum atomic E-state index is -0.520. The van der Waals surface area contributed by atoms with Gasteiger partial charge in [0.2, 0.25) is 0 Å². The van der Waals surface area contributed by atoms with E-state index in [0.29, 0.717) is 0 Å². The first-order chi connectivity index (χ1) is 6.67. The lowest BCUT2D eigenvalue weighted by molar-refractivity contribution is -0.126. The van der Waals surface area contributed by atoms with Crippen molar-refractivity contribution in [3.05, 3.63) is 0 Å². The molecule has 4 heteroatoms. The Hall–Kier alpha value is -1.06. The van der Waals surface area contributed by atoms with Gasteiger partial charge in [0.1, 0.15) is 5.54 Å². The van der Waals surface area contributed by atoms with Gasteiger partial charge < -0.3 is 4.90 Å². The summed E-state index contributed by atoms with van der Waals surface area (Å²) in [7, 11) is 1.73. The number of nitrogens with one attached hydrogen (secondary N) is 1. The summed E-state index contributed by atoms with van der Waals surface area (Å²) in [4.78, 5) is 24.7. The van der Waals surface area contributed by atoms with E-state index in [1.807, 2.05) is 0 Å². The maximum atomic E-state index is 11.8. The second-order valence-electron chi connectivity index (χ2n) is 4.26. The standard InChI is InChI=1S/C10H16N2O2/c1-12-9(14)11-8(13)10(12)6-4-2-3-5-7-10/h2-7H2,1H3,(H,11,13,14). The van der Waals surface area contributed by atoms with Gasteiger partial charge in [0.15, 0.2) is 0 Å². The molecule has 0 unspecified atom stereocenters. The van der Waals surface area contributed by atoms with Gasteiger partial charge in [-0.15, -0.1) is 0 Å². The fourth-order valence-corrected chi connectivity index (χ4v) is 2.52. The van der Waals surface area contributed by atoms with E-state index in [1.165, 1.54) is 12.8 Å². The average Bonchev–Trinajstić information content (AvgIpc) is 2.38. The third-order valence-electron chi connectivity index (χ3n) is 3.52. The van der Waals surface area contributed by atoms with Gasteiger partial charge in [-0.2, -0.15) is 0 Å². The van der Waals surface area contributed by atoms with Crippen molar-refractivity contribution < 1.29 is 9.59 Å². The quantitative estimate of drug-likeness (QED) is 0.593. The lowest BCUT2D eigenvalue weighted by Crippen LogP contribution is -2.47. The molecule has 2 rings (SSSR count). The Labute approximate surface area is 83.6 Å². The molecule has 0 atom stereocenters. The number of carbonyl (C=O) groups excluding carboxylic acids is 2. The van der Waals surface area contributed by atoms with Crippen molar-refractivity contribution in [2.45, 2.75) is 44.1 Å². The van der Waals surface area contributed by atoms with E-state index >= 15 is 0 Å². The lowest BCUT2D eigenvalue weighted by Gasteiger charge is -2.31. The van der Waals surface area contributed by atoms with Gasteiger partial charge in [-0.1, -0.05) is 25.7 Å². The van der Waals surface area contributed by atoms with Gasteiger partial charge >= 0.3 is 6.03 Å². The van der Waals surface area contributed by atoms with Crippen LogP contribution in [-0.4, -0.2) is 29.4 Å². The Morgan fingerprint density at radius 2 is 1.71 bits per heavy atom. The van der Waals surface area contributed by atoms with Crippen LogP contribution in [0.3, 0.4) is 0 Å². The highest BCUT2D eigenvalue weighted by atomic mass is 16.2. The summed E-state index contributed by atoms with van der Waals surface area (Å²) in [5.74, 6) is -0.0908. The monoisotopic (exact) mass is 196 g/mol. The largest absolute Gasteiger partial charge is 0.324 e. The molecule has 14 heavy (non-hydrogen) atoms. The third-order valence-corrected chi connectivity index (χ3v) is 3.52. The van der Waals surface area contributed by atoms with E-state index in [4.69, 9.17) is 0 Å². The summed E-state index contributed by atoms with van der Waals surface area (Å²) < 4.78 is 0. The van der Waals surface area contributed by atoms with Crippen LogP contribution in [-0.2, 0) is 4.79 Å². The molecule has 2 aliphatic rings. The first-order valence-corrected chi connectivity index (χ1v) is 5.26. The molecule has 4 nitrogen and oxygen atoms in total. The first-order valence-electron chi connectivity index (χ1n) is 5.26.